The van der Waals surface area contributed by atoms with Gasteiger partial charge in [0, 0.05) is 5.56 Å². The molecule has 0 saturated carbocycles. The SMILES string of the molecule is Cc1c(C)c(C)c(C(=O)COCC(F)(F)F)c(C)c1C. The smallest absolute Gasteiger partial charge is 0.364 e. The number of hydrogen-bond donors (Lipinski definition) is 0. The first kappa shape index (κ1) is 16.7. The fourth-order valence-electron chi connectivity index (χ4n) is 2.25. The van der Waals surface area contributed by atoms with Crippen LogP contribution < -0.4 is 0 Å². The number of rotatable bonds is 4. The van der Waals surface area contributed by atoms with Gasteiger partial charge in [-0.05, 0) is 62.4 Å². The second kappa shape index (κ2) is 5.95. The molecule has 0 heterocycles. The van der Waals surface area contributed by atoms with Crippen LogP contribution >= 0.6 is 0 Å². The number of hydrogen-bond acceptors (Lipinski definition) is 2. The average molecular weight is 288 g/mol. The van der Waals surface area contributed by atoms with E-state index in [2.05, 4.69) is 4.74 Å². The molecule has 0 unspecified atom stereocenters. The van der Waals surface area contributed by atoms with E-state index >= 15 is 0 Å². The maximum atomic E-state index is 12.1. The molecule has 0 fully saturated rings. The van der Waals surface area contributed by atoms with Crippen LogP contribution in [0.25, 0.3) is 0 Å². The number of Topliss-reactive ketones (excluding diaryl/α,β-unsaturated/α-hetero) is 1. The normalized spacial score (nSPS) is 11.8. The molecule has 0 aliphatic heterocycles. The lowest BCUT2D eigenvalue weighted by molar-refractivity contribution is -0.170. The molecule has 0 spiro atoms. The number of benzene rings is 1. The summed E-state index contributed by atoms with van der Waals surface area (Å²) in [7, 11) is 0. The molecule has 0 N–H and O–H groups in total. The summed E-state index contributed by atoms with van der Waals surface area (Å²) in [5.74, 6) is -0.407. The highest BCUT2D eigenvalue weighted by Crippen LogP contribution is 2.26. The second-order valence-corrected chi connectivity index (χ2v) is 5.03. The number of halogens is 3. The van der Waals surface area contributed by atoms with Crippen LogP contribution in [0.3, 0.4) is 0 Å². The topological polar surface area (TPSA) is 26.3 Å². The van der Waals surface area contributed by atoms with E-state index < -0.39 is 25.2 Å². The minimum atomic E-state index is -4.41. The van der Waals surface area contributed by atoms with Crippen LogP contribution in [0.1, 0.15) is 38.2 Å². The van der Waals surface area contributed by atoms with Gasteiger partial charge in [-0.15, -0.1) is 0 Å². The maximum Gasteiger partial charge on any atom is 0.411 e. The van der Waals surface area contributed by atoms with Crippen LogP contribution in [0.2, 0.25) is 0 Å². The molecular weight excluding hydrogens is 269 g/mol. The number of carbonyl (C=O) groups is 1. The fraction of sp³-hybridized carbons (Fsp3) is 0.533. The average Bonchev–Trinajstić information content (AvgIpc) is 2.32. The van der Waals surface area contributed by atoms with Crippen molar-refractivity contribution in [2.45, 2.75) is 40.8 Å². The molecule has 1 aromatic carbocycles. The molecule has 0 aliphatic rings. The lowest BCUT2D eigenvalue weighted by Gasteiger charge is -2.18. The van der Waals surface area contributed by atoms with Crippen LogP contribution in [-0.2, 0) is 4.74 Å². The summed E-state index contributed by atoms with van der Waals surface area (Å²) < 4.78 is 40.5. The van der Waals surface area contributed by atoms with Crippen molar-refractivity contribution in [1.29, 1.82) is 0 Å². The molecule has 20 heavy (non-hydrogen) atoms. The third-order valence-corrected chi connectivity index (χ3v) is 3.78. The third kappa shape index (κ3) is 3.60. The largest absolute Gasteiger partial charge is 0.411 e. The van der Waals surface area contributed by atoms with Crippen LogP contribution in [0, 0.1) is 34.6 Å². The lowest BCUT2D eigenvalue weighted by atomic mass is 9.88. The van der Waals surface area contributed by atoms with Crippen molar-refractivity contribution in [2.24, 2.45) is 0 Å². The van der Waals surface area contributed by atoms with E-state index in [1.54, 1.807) is 0 Å². The summed E-state index contributed by atoms with van der Waals surface area (Å²) in [5, 5.41) is 0. The van der Waals surface area contributed by atoms with Crippen LogP contribution in [0.5, 0.6) is 0 Å². The Hall–Kier alpha value is -1.36. The monoisotopic (exact) mass is 288 g/mol. The minimum absolute atomic E-state index is 0.407. The first-order valence-electron chi connectivity index (χ1n) is 6.31. The van der Waals surface area contributed by atoms with Gasteiger partial charge in [0.15, 0.2) is 5.78 Å². The first-order chi connectivity index (χ1) is 9.06. The molecule has 2 nitrogen and oxygen atoms in total. The summed E-state index contributed by atoms with van der Waals surface area (Å²) in [4.78, 5) is 12.1. The Morgan fingerprint density at radius 2 is 1.30 bits per heavy atom. The van der Waals surface area contributed by atoms with Crippen molar-refractivity contribution in [3.05, 3.63) is 33.4 Å². The Kier molecular flexibility index (Phi) is 4.97. The van der Waals surface area contributed by atoms with Gasteiger partial charge in [0.1, 0.15) is 13.2 Å². The number of alkyl halides is 3. The maximum absolute atomic E-state index is 12.1. The molecular formula is C15H19F3O2. The fourth-order valence-corrected chi connectivity index (χ4v) is 2.25. The summed E-state index contributed by atoms with van der Waals surface area (Å²) >= 11 is 0. The van der Waals surface area contributed by atoms with E-state index in [4.69, 9.17) is 0 Å². The first-order valence-corrected chi connectivity index (χ1v) is 6.31. The van der Waals surface area contributed by atoms with Gasteiger partial charge in [-0.25, -0.2) is 0 Å². The molecule has 0 amide bonds. The van der Waals surface area contributed by atoms with Crippen molar-refractivity contribution in [3.63, 3.8) is 0 Å². The van der Waals surface area contributed by atoms with Gasteiger partial charge in [0.25, 0.3) is 0 Å². The molecule has 112 valence electrons. The Morgan fingerprint density at radius 3 is 1.70 bits per heavy atom. The van der Waals surface area contributed by atoms with Crippen molar-refractivity contribution in [3.8, 4) is 0 Å². The Morgan fingerprint density at radius 1 is 0.900 bits per heavy atom. The molecule has 0 aromatic heterocycles. The van der Waals surface area contributed by atoms with E-state index in [0.29, 0.717) is 5.56 Å². The number of carbonyl (C=O) groups excluding carboxylic acids is 1. The number of ketones is 1. The van der Waals surface area contributed by atoms with Gasteiger partial charge in [-0.1, -0.05) is 0 Å². The van der Waals surface area contributed by atoms with Gasteiger partial charge in [0.2, 0.25) is 0 Å². The predicted octanol–water partition coefficient (Wildman–Crippen LogP) is 3.99. The molecule has 0 saturated heterocycles. The van der Waals surface area contributed by atoms with Gasteiger partial charge in [-0.2, -0.15) is 13.2 Å². The zero-order valence-electron chi connectivity index (χ0n) is 12.4. The lowest BCUT2D eigenvalue weighted by Crippen LogP contribution is -2.21. The van der Waals surface area contributed by atoms with E-state index in [1.807, 2.05) is 34.6 Å². The predicted molar refractivity (Wildman–Crippen MR) is 71.3 cm³/mol. The van der Waals surface area contributed by atoms with Crippen LogP contribution in [0.15, 0.2) is 0 Å². The number of ether oxygens (including phenoxy) is 1. The molecule has 0 bridgehead atoms. The summed E-state index contributed by atoms with van der Waals surface area (Å²) in [6.45, 7) is 7.45. The third-order valence-electron chi connectivity index (χ3n) is 3.78. The molecule has 0 radical (unpaired) electrons. The van der Waals surface area contributed by atoms with Gasteiger partial charge >= 0.3 is 6.18 Å². The van der Waals surface area contributed by atoms with Gasteiger partial charge in [-0.3, -0.25) is 4.79 Å². The van der Waals surface area contributed by atoms with E-state index in [0.717, 1.165) is 27.8 Å². The van der Waals surface area contributed by atoms with Crippen molar-refractivity contribution in [2.75, 3.05) is 13.2 Å². The van der Waals surface area contributed by atoms with E-state index in [9.17, 15) is 18.0 Å². The van der Waals surface area contributed by atoms with Crippen molar-refractivity contribution < 1.29 is 22.7 Å². The van der Waals surface area contributed by atoms with E-state index in [-0.39, 0.29) is 0 Å². The highest BCUT2D eigenvalue weighted by Gasteiger charge is 2.28. The highest BCUT2D eigenvalue weighted by molar-refractivity contribution is 6.00. The van der Waals surface area contributed by atoms with Gasteiger partial charge in [0.05, 0.1) is 0 Å². The zero-order valence-corrected chi connectivity index (χ0v) is 12.4. The summed E-state index contributed by atoms with van der Waals surface area (Å²) in [6.07, 6.45) is -4.41. The van der Waals surface area contributed by atoms with Gasteiger partial charge < -0.3 is 4.74 Å². The van der Waals surface area contributed by atoms with Crippen molar-refractivity contribution >= 4 is 5.78 Å². The molecule has 5 heteroatoms. The Labute approximate surface area is 116 Å². The Balaban J connectivity index is 3.00. The zero-order chi connectivity index (χ0) is 15.7. The van der Waals surface area contributed by atoms with Crippen molar-refractivity contribution in [1.82, 2.24) is 0 Å². The van der Waals surface area contributed by atoms with E-state index in [1.165, 1.54) is 0 Å². The summed E-state index contributed by atoms with van der Waals surface area (Å²) in [6, 6.07) is 0. The molecule has 1 aromatic rings. The highest BCUT2D eigenvalue weighted by atomic mass is 19.4. The molecule has 0 aliphatic carbocycles. The standard InChI is InChI=1S/C15H19F3O2/c1-8-9(2)11(4)14(12(5)10(8)3)13(19)6-20-7-15(16,17)18/h6-7H2,1-5H3. The minimum Gasteiger partial charge on any atom is -0.364 e. The quantitative estimate of drug-likeness (QED) is 0.783. The second-order valence-electron chi connectivity index (χ2n) is 5.03. The molecule has 0 atom stereocenters. The van der Waals surface area contributed by atoms with Crippen LogP contribution in [-0.4, -0.2) is 25.2 Å². The van der Waals surface area contributed by atoms with Crippen LogP contribution in [0.4, 0.5) is 13.2 Å². The summed E-state index contributed by atoms with van der Waals surface area (Å²) in [5.41, 5.74) is 5.19. The molecule has 1 rings (SSSR count). The Bertz CT molecular complexity index is 502.